The Bertz CT molecular complexity index is 1520. The zero-order chi connectivity index (χ0) is 20.1. The summed E-state index contributed by atoms with van der Waals surface area (Å²) in [5.74, 6) is 0. The van der Waals surface area contributed by atoms with Crippen LogP contribution in [0, 0.1) is 0 Å². The van der Waals surface area contributed by atoms with Gasteiger partial charge in [0.25, 0.3) is 0 Å². The Kier molecular flexibility index (Phi) is 3.75. The van der Waals surface area contributed by atoms with Crippen LogP contribution in [-0.2, 0) is 7.05 Å². The number of para-hydroxylation sites is 1. The van der Waals surface area contributed by atoms with Gasteiger partial charge in [0.05, 0.1) is 5.52 Å². The maximum atomic E-state index is 2.37. The van der Waals surface area contributed by atoms with Crippen LogP contribution in [0.15, 0.2) is 109 Å². The van der Waals surface area contributed by atoms with Crippen LogP contribution in [0.1, 0.15) is 0 Å². The lowest BCUT2D eigenvalue weighted by Gasteiger charge is -2.18. The highest BCUT2D eigenvalue weighted by Crippen LogP contribution is 2.47. The first kappa shape index (κ1) is 17.1. The van der Waals surface area contributed by atoms with Gasteiger partial charge in [-0.15, -0.1) is 0 Å². The van der Waals surface area contributed by atoms with Crippen molar-refractivity contribution in [3.05, 3.63) is 109 Å². The van der Waals surface area contributed by atoms with Crippen LogP contribution in [0.2, 0.25) is 0 Å². The van der Waals surface area contributed by atoms with Crippen molar-refractivity contribution in [2.45, 2.75) is 0 Å². The van der Waals surface area contributed by atoms with E-state index in [9.17, 15) is 0 Å². The molecule has 0 aliphatic rings. The van der Waals surface area contributed by atoms with E-state index < -0.39 is 0 Å². The van der Waals surface area contributed by atoms with Gasteiger partial charge in [-0.05, 0) is 33.5 Å². The zero-order valence-electron chi connectivity index (χ0n) is 16.8. The summed E-state index contributed by atoms with van der Waals surface area (Å²) in [6.45, 7) is 0. The molecule has 1 heteroatoms. The molecule has 0 saturated carbocycles. The summed E-state index contributed by atoms with van der Waals surface area (Å²) in [5, 5.41) is 5.25. The molecule has 0 N–H and O–H groups in total. The Morgan fingerprint density at radius 1 is 0.467 bits per heavy atom. The molecule has 0 aliphatic heterocycles. The summed E-state index contributed by atoms with van der Waals surface area (Å²) < 4.78 is 2.37. The summed E-state index contributed by atoms with van der Waals surface area (Å²) in [7, 11) is 2.20. The van der Waals surface area contributed by atoms with Gasteiger partial charge in [-0.1, -0.05) is 103 Å². The van der Waals surface area contributed by atoms with Crippen molar-refractivity contribution in [1.82, 2.24) is 4.57 Å². The molecular weight excluding hydrogens is 362 g/mol. The molecule has 6 aromatic rings. The van der Waals surface area contributed by atoms with Crippen LogP contribution in [-0.4, -0.2) is 4.57 Å². The predicted octanol–water partition coefficient (Wildman–Crippen LogP) is 7.82. The molecule has 30 heavy (non-hydrogen) atoms. The SMILES string of the molecule is Cn1c2ccccc2c2c3ccccc3c(-c3ccccc3)c(-c3ccccc3)c21. The number of fused-ring (bicyclic) bond motifs is 5. The van der Waals surface area contributed by atoms with Crippen molar-refractivity contribution in [3.63, 3.8) is 0 Å². The minimum atomic E-state index is 1.25. The van der Waals surface area contributed by atoms with Gasteiger partial charge < -0.3 is 4.57 Å². The molecule has 0 fully saturated rings. The predicted molar refractivity (Wildman–Crippen MR) is 129 cm³/mol. The molecule has 0 aliphatic carbocycles. The first-order chi connectivity index (χ1) is 14.8. The number of hydrogen-bond acceptors (Lipinski definition) is 0. The highest BCUT2D eigenvalue weighted by atomic mass is 14.9. The largest absolute Gasteiger partial charge is 0.343 e. The van der Waals surface area contributed by atoms with E-state index in [1.807, 2.05) is 0 Å². The Morgan fingerprint density at radius 3 is 1.63 bits per heavy atom. The molecule has 0 bridgehead atoms. The summed E-state index contributed by atoms with van der Waals surface area (Å²) in [4.78, 5) is 0. The lowest BCUT2D eigenvalue weighted by atomic mass is 9.87. The van der Waals surface area contributed by atoms with Crippen molar-refractivity contribution < 1.29 is 0 Å². The molecule has 142 valence electrons. The maximum absolute atomic E-state index is 2.37. The van der Waals surface area contributed by atoms with Crippen LogP contribution in [0.4, 0.5) is 0 Å². The molecule has 0 unspecified atom stereocenters. The van der Waals surface area contributed by atoms with Gasteiger partial charge in [0.1, 0.15) is 0 Å². The lowest BCUT2D eigenvalue weighted by molar-refractivity contribution is 1.02. The van der Waals surface area contributed by atoms with Crippen molar-refractivity contribution >= 4 is 32.6 Å². The smallest absolute Gasteiger partial charge is 0.0581 e. The van der Waals surface area contributed by atoms with Gasteiger partial charge >= 0.3 is 0 Å². The fraction of sp³-hybridized carbons (Fsp3) is 0.0345. The average Bonchev–Trinajstić information content (AvgIpc) is 3.12. The molecule has 1 nitrogen and oxygen atoms in total. The van der Waals surface area contributed by atoms with Gasteiger partial charge in [-0.2, -0.15) is 0 Å². The third-order valence-electron chi connectivity index (χ3n) is 6.18. The minimum Gasteiger partial charge on any atom is -0.343 e. The molecule has 0 amide bonds. The van der Waals surface area contributed by atoms with E-state index in [0.29, 0.717) is 0 Å². The van der Waals surface area contributed by atoms with Gasteiger partial charge in [0.15, 0.2) is 0 Å². The second kappa shape index (κ2) is 6.60. The van der Waals surface area contributed by atoms with Gasteiger partial charge in [-0.25, -0.2) is 0 Å². The van der Waals surface area contributed by atoms with E-state index in [1.54, 1.807) is 0 Å². The molecule has 6 rings (SSSR count). The van der Waals surface area contributed by atoms with E-state index in [2.05, 4.69) is 121 Å². The number of benzene rings is 5. The fourth-order valence-corrected chi connectivity index (χ4v) is 4.92. The fourth-order valence-electron chi connectivity index (χ4n) is 4.92. The molecular formula is C29H21N. The highest BCUT2D eigenvalue weighted by molar-refractivity contribution is 6.28. The Hall–Kier alpha value is -3.84. The molecule has 0 atom stereocenters. The Balaban J connectivity index is 1.97. The average molecular weight is 383 g/mol. The second-order valence-electron chi connectivity index (χ2n) is 7.83. The molecule has 0 spiro atoms. The number of aromatic nitrogens is 1. The molecule has 5 aromatic carbocycles. The number of aryl methyl sites for hydroxylation is 1. The first-order valence-corrected chi connectivity index (χ1v) is 10.4. The lowest BCUT2D eigenvalue weighted by Crippen LogP contribution is -1.95. The number of nitrogens with zero attached hydrogens (tertiary/aromatic N) is 1. The van der Waals surface area contributed by atoms with E-state index in [4.69, 9.17) is 0 Å². The second-order valence-corrected chi connectivity index (χ2v) is 7.83. The topological polar surface area (TPSA) is 4.93 Å². The molecule has 0 radical (unpaired) electrons. The maximum Gasteiger partial charge on any atom is 0.0581 e. The summed E-state index contributed by atoms with van der Waals surface area (Å²) in [5.41, 5.74) is 7.66. The standard InChI is InChI=1S/C29H21N/c1-30-25-19-11-10-18-24(25)28-23-17-9-8-16-22(23)26(20-12-4-2-5-13-20)27(29(28)30)21-14-6-3-7-15-21/h2-19H,1H3. The summed E-state index contributed by atoms with van der Waals surface area (Å²) in [6, 6.07) is 39.2. The van der Waals surface area contributed by atoms with Crippen LogP contribution in [0.5, 0.6) is 0 Å². The van der Waals surface area contributed by atoms with Crippen molar-refractivity contribution in [3.8, 4) is 22.3 Å². The van der Waals surface area contributed by atoms with Crippen molar-refractivity contribution in [2.75, 3.05) is 0 Å². The summed E-state index contributed by atoms with van der Waals surface area (Å²) >= 11 is 0. The molecule has 1 heterocycles. The van der Waals surface area contributed by atoms with Gasteiger partial charge in [0.2, 0.25) is 0 Å². The molecule has 0 saturated heterocycles. The van der Waals surface area contributed by atoms with E-state index >= 15 is 0 Å². The molecule has 1 aromatic heterocycles. The van der Waals surface area contributed by atoms with Gasteiger partial charge in [-0.3, -0.25) is 0 Å². The first-order valence-electron chi connectivity index (χ1n) is 10.4. The Labute approximate surface area is 175 Å². The third kappa shape index (κ3) is 2.36. The highest BCUT2D eigenvalue weighted by Gasteiger charge is 2.21. The van der Waals surface area contributed by atoms with Gasteiger partial charge in [0, 0.05) is 28.9 Å². The Morgan fingerprint density at radius 2 is 0.967 bits per heavy atom. The van der Waals surface area contributed by atoms with Crippen molar-refractivity contribution in [1.29, 1.82) is 0 Å². The van der Waals surface area contributed by atoms with Crippen LogP contribution < -0.4 is 0 Å². The van der Waals surface area contributed by atoms with Crippen LogP contribution in [0.25, 0.3) is 54.8 Å². The third-order valence-corrected chi connectivity index (χ3v) is 6.18. The van der Waals surface area contributed by atoms with E-state index in [1.165, 1.54) is 54.8 Å². The van der Waals surface area contributed by atoms with Crippen LogP contribution >= 0.6 is 0 Å². The zero-order valence-corrected chi connectivity index (χ0v) is 16.8. The number of rotatable bonds is 2. The number of hydrogen-bond donors (Lipinski definition) is 0. The summed E-state index contributed by atoms with van der Waals surface area (Å²) in [6.07, 6.45) is 0. The minimum absolute atomic E-state index is 1.25. The normalized spacial score (nSPS) is 11.5. The van der Waals surface area contributed by atoms with E-state index in [0.717, 1.165) is 0 Å². The van der Waals surface area contributed by atoms with Crippen LogP contribution in [0.3, 0.4) is 0 Å². The van der Waals surface area contributed by atoms with Crippen molar-refractivity contribution in [2.24, 2.45) is 7.05 Å². The quantitative estimate of drug-likeness (QED) is 0.287. The van der Waals surface area contributed by atoms with E-state index in [-0.39, 0.29) is 0 Å². The monoisotopic (exact) mass is 383 g/mol.